The Morgan fingerprint density at radius 1 is 1.00 bits per heavy atom. The van der Waals surface area contributed by atoms with E-state index >= 15 is 0 Å². The SMILES string of the molecule is CO[C@H]1CC[C@H]2[C@@H](CC[C@H]3[C@H]4C(=O)CC[C@@]4(C)CC[C@]23C)C1. The van der Waals surface area contributed by atoms with Crippen molar-refractivity contribution in [2.45, 2.75) is 77.7 Å². The highest BCUT2D eigenvalue weighted by molar-refractivity contribution is 5.84. The molecule has 4 fully saturated rings. The van der Waals surface area contributed by atoms with Gasteiger partial charge in [0.15, 0.2) is 0 Å². The lowest BCUT2D eigenvalue weighted by atomic mass is 9.44. The Hall–Kier alpha value is -0.370. The van der Waals surface area contributed by atoms with Gasteiger partial charge in [-0.3, -0.25) is 4.79 Å². The molecule has 2 nitrogen and oxygen atoms in total. The maximum absolute atomic E-state index is 12.6. The van der Waals surface area contributed by atoms with Crippen molar-refractivity contribution in [3.63, 3.8) is 0 Å². The van der Waals surface area contributed by atoms with Crippen molar-refractivity contribution in [2.24, 2.45) is 34.5 Å². The number of carbonyl (C=O) groups excluding carboxylic acids is 1. The Labute approximate surface area is 135 Å². The van der Waals surface area contributed by atoms with Gasteiger partial charge in [0.1, 0.15) is 5.78 Å². The van der Waals surface area contributed by atoms with Gasteiger partial charge in [-0.15, -0.1) is 0 Å². The molecule has 7 atom stereocenters. The summed E-state index contributed by atoms with van der Waals surface area (Å²) < 4.78 is 5.66. The van der Waals surface area contributed by atoms with Crippen LogP contribution in [0.25, 0.3) is 0 Å². The Bertz CT molecular complexity index is 472. The van der Waals surface area contributed by atoms with Crippen LogP contribution in [-0.4, -0.2) is 19.0 Å². The van der Waals surface area contributed by atoms with Gasteiger partial charge in [0.05, 0.1) is 6.10 Å². The molecular formula is C20H32O2. The number of hydrogen-bond acceptors (Lipinski definition) is 2. The van der Waals surface area contributed by atoms with Crippen LogP contribution in [0.4, 0.5) is 0 Å². The van der Waals surface area contributed by atoms with Gasteiger partial charge in [-0.2, -0.15) is 0 Å². The summed E-state index contributed by atoms with van der Waals surface area (Å²) in [6, 6.07) is 0. The fourth-order valence-corrected chi connectivity index (χ4v) is 7.19. The second-order valence-corrected chi connectivity index (χ2v) is 9.33. The molecule has 0 aromatic rings. The molecule has 4 saturated carbocycles. The van der Waals surface area contributed by atoms with Crippen LogP contribution in [0.2, 0.25) is 0 Å². The predicted octanol–water partition coefficient (Wildman–Crippen LogP) is 4.61. The van der Waals surface area contributed by atoms with Crippen LogP contribution in [0.5, 0.6) is 0 Å². The average Bonchev–Trinajstić information content (AvgIpc) is 2.83. The zero-order valence-electron chi connectivity index (χ0n) is 14.6. The summed E-state index contributed by atoms with van der Waals surface area (Å²) in [4.78, 5) is 12.6. The van der Waals surface area contributed by atoms with Crippen molar-refractivity contribution in [3.05, 3.63) is 0 Å². The lowest BCUT2D eigenvalue weighted by Gasteiger charge is -2.60. The highest BCUT2D eigenvalue weighted by atomic mass is 16.5. The topological polar surface area (TPSA) is 26.3 Å². The van der Waals surface area contributed by atoms with E-state index in [4.69, 9.17) is 4.74 Å². The number of Topliss-reactive ketones (excluding diaryl/α,β-unsaturated/α-hetero) is 1. The van der Waals surface area contributed by atoms with Crippen LogP contribution in [0.3, 0.4) is 0 Å². The molecule has 22 heavy (non-hydrogen) atoms. The molecule has 0 unspecified atom stereocenters. The molecule has 0 radical (unpaired) electrons. The highest BCUT2D eigenvalue weighted by Gasteiger charge is 2.61. The molecular weight excluding hydrogens is 272 g/mol. The van der Waals surface area contributed by atoms with Gasteiger partial charge in [-0.25, -0.2) is 0 Å². The Morgan fingerprint density at radius 2 is 1.77 bits per heavy atom. The Balaban J connectivity index is 1.63. The van der Waals surface area contributed by atoms with Crippen LogP contribution >= 0.6 is 0 Å². The van der Waals surface area contributed by atoms with Crippen LogP contribution in [0.15, 0.2) is 0 Å². The number of ketones is 1. The summed E-state index contributed by atoms with van der Waals surface area (Å²) in [5.41, 5.74) is 0.754. The minimum absolute atomic E-state index is 0.331. The molecule has 0 aromatic heterocycles. The molecule has 2 heteroatoms. The van der Waals surface area contributed by atoms with Crippen molar-refractivity contribution in [2.75, 3.05) is 7.11 Å². The zero-order valence-corrected chi connectivity index (χ0v) is 14.6. The summed E-state index contributed by atoms with van der Waals surface area (Å²) in [6.45, 7) is 4.96. The fourth-order valence-electron chi connectivity index (χ4n) is 7.19. The standard InChI is InChI=1S/C20H32O2/c1-19-9-8-17(21)18(19)16-6-4-13-12-14(22-3)5-7-15(13)20(16,2)11-10-19/h13-16,18H,4-12H2,1-3H3/t13-,14-,15-,16-,18-,19-,20+/m0/s1. The zero-order chi connectivity index (χ0) is 15.5. The predicted molar refractivity (Wildman–Crippen MR) is 87.5 cm³/mol. The molecule has 0 saturated heterocycles. The molecule has 124 valence electrons. The van der Waals surface area contributed by atoms with Gasteiger partial charge in [0, 0.05) is 19.4 Å². The summed E-state index contributed by atoms with van der Waals surface area (Å²) in [5, 5.41) is 0. The third-order valence-electron chi connectivity index (χ3n) is 8.49. The summed E-state index contributed by atoms with van der Waals surface area (Å²) >= 11 is 0. The molecule has 0 N–H and O–H groups in total. The maximum atomic E-state index is 12.6. The van der Waals surface area contributed by atoms with Crippen molar-refractivity contribution < 1.29 is 9.53 Å². The van der Waals surface area contributed by atoms with Crippen molar-refractivity contribution in [3.8, 4) is 0 Å². The quantitative estimate of drug-likeness (QED) is 0.707. The van der Waals surface area contributed by atoms with Gasteiger partial charge in [0.2, 0.25) is 0 Å². The van der Waals surface area contributed by atoms with Gasteiger partial charge < -0.3 is 4.74 Å². The third-order valence-corrected chi connectivity index (χ3v) is 8.49. The van der Waals surface area contributed by atoms with Crippen LogP contribution in [-0.2, 0) is 9.53 Å². The first kappa shape index (κ1) is 15.2. The van der Waals surface area contributed by atoms with E-state index in [0.29, 0.717) is 34.6 Å². The average molecular weight is 304 g/mol. The van der Waals surface area contributed by atoms with E-state index in [1.807, 2.05) is 7.11 Å². The Kier molecular flexibility index (Phi) is 3.49. The first-order valence-corrected chi connectivity index (χ1v) is 9.53. The molecule has 4 rings (SSSR count). The van der Waals surface area contributed by atoms with E-state index in [1.54, 1.807) is 0 Å². The number of rotatable bonds is 1. The number of ether oxygens (including phenoxy) is 1. The second-order valence-electron chi connectivity index (χ2n) is 9.33. The van der Waals surface area contributed by atoms with Gasteiger partial charge in [-0.05, 0) is 80.0 Å². The molecule has 0 spiro atoms. The number of fused-ring (bicyclic) bond motifs is 5. The summed E-state index contributed by atoms with van der Waals surface area (Å²) in [6.07, 6.45) is 11.6. The molecule has 0 amide bonds. The van der Waals surface area contributed by atoms with Crippen LogP contribution in [0.1, 0.15) is 71.6 Å². The normalized spacial score (nSPS) is 54.5. The van der Waals surface area contributed by atoms with Gasteiger partial charge in [0.25, 0.3) is 0 Å². The van der Waals surface area contributed by atoms with Crippen molar-refractivity contribution in [1.82, 2.24) is 0 Å². The Morgan fingerprint density at radius 3 is 2.55 bits per heavy atom. The molecule has 4 aliphatic carbocycles. The largest absolute Gasteiger partial charge is 0.381 e. The summed E-state index contributed by atoms with van der Waals surface area (Å²) in [7, 11) is 1.88. The fraction of sp³-hybridized carbons (Fsp3) is 0.950. The highest BCUT2D eigenvalue weighted by Crippen LogP contribution is 2.66. The summed E-state index contributed by atoms with van der Waals surface area (Å²) in [5.74, 6) is 3.34. The van der Waals surface area contributed by atoms with Gasteiger partial charge in [-0.1, -0.05) is 13.8 Å². The number of carbonyl (C=O) groups is 1. The molecule has 4 aliphatic rings. The van der Waals surface area contributed by atoms with E-state index in [1.165, 1.54) is 44.9 Å². The first-order chi connectivity index (χ1) is 10.5. The monoisotopic (exact) mass is 304 g/mol. The van der Waals surface area contributed by atoms with Crippen LogP contribution in [0, 0.1) is 34.5 Å². The van der Waals surface area contributed by atoms with E-state index in [9.17, 15) is 4.79 Å². The lowest BCUT2D eigenvalue weighted by molar-refractivity contribution is -0.149. The van der Waals surface area contributed by atoms with Crippen molar-refractivity contribution in [1.29, 1.82) is 0 Å². The number of methoxy groups -OCH3 is 1. The number of hydrogen-bond donors (Lipinski definition) is 0. The van der Waals surface area contributed by atoms with Gasteiger partial charge >= 0.3 is 0 Å². The van der Waals surface area contributed by atoms with Crippen LogP contribution < -0.4 is 0 Å². The second kappa shape index (κ2) is 5.06. The lowest BCUT2D eigenvalue weighted by Crippen LogP contribution is -2.55. The minimum atomic E-state index is 0.331. The van der Waals surface area contributed by atoms with E-state index in [2.05, 4.69) is 13.8 Å². The smallest absolute Gasteiger partial charge is 0.136 e. The molecule has 0 aromatic carbocycles. The van der Waals surface area contributed by atoms with E-state index < -0.39 is 0 Å². The molecule has 0 bridgehead atoms. The third kappa shape index (κ3) is 1.98. The minimum Gasteiger partial charge on any atom is -0.381 e. The molecule has 0 aliphatic heterocycles. The molecule has 0 heterocycles. The first-order valence-electron chi connectivity index (χ1n) is 9.53. The van der Waals surface area contributed by atoms with E-state index in [-0.39, 0.29) is 0 Å². The van der Waals surface area contributed by atoms with Crippen molar-refractivity contribution >= 4 is 5.78 Å². The van der Waals surface area contributed by atoms with E-state index in [0.717, 1.165) is 24.7 Å². The maximum Gasteiger partial charge on any atom is 0.136 e.